The fraction of sp³-hybridized carbons (Fsp3) is 0.0800. The average molecular weight is 441 g/mol. The first-order valence-corrected chi connectivity index (χ1v) is 10.7. The van der Waals surface area contributed by atoms with Gasteiger partial charge in [-0.1, -0.05) is 36.4 Å². The molecule has 3 aromatic carbocycles. The molecule has 0 bridgehead atoms. The van der Waals surface area contributed by atoms with Crippen molar-refractivity contribution in [2.24, 2.45) is 0 Å². The van der Waals surface area contributed by atoms with E-state index in [0.717, 1.165) is 16.5 Å². The molecule has 0 radical (unpaired) electrons. The van der Waals surface area contributed by atoms with Crippen molar-refractivity contribution in [1.29, 1.82) is 0 Å². The summed E-state index contributed by atoms with van der Waals surface area (Å²) in [5, 5.41) is 4.66. The van der Waals surface area contributed by atoms with Gasteiger partial charge < -0.3 is 15.3 Å². The van der Waals surface area contributed by atoms with E-state index in [-0.39, 0.29) is 16.2 Å². The van der Waals surface area contributed by atoms with E-state index in [1.54, 1.807) is 30.3 Å². The van der Waals surface area contributed by atoms with Gasteiger partial charge in [-0.25, -0.2) is 0 Å². The normalized spacial score (nSPS) is 11.1. The summed E-state index contributed by atoms with van der Waals surface area (Å²) >= 11 is 5.42. The molecular formula is C25H20N4O2S. The van der Waals surface area contributed by atoms with Crippen molar-refractivity contribution >= 4 is 39.9 Å². The summed E-state index contributed by atoms with van der Waals surface area (Å²) in [6, 6.07) is 22.2. The van der Waals surface area contributed by atoms with Crippen LogP contribution in [0.5, 0.6) is 0 Å². The molecule has 5 rings (SSSR count). The largest absolute Gasteiger partial charge is 0.361 e. The van der Waals surface area contributed by atoms with E-state index in [1.165, 1.54) is 4.57 Å². The molecule has 0 spiro atoms. The van der Waals surface area contributed by atoms with Gasteiger partial charge in [0.05, 0.1) is 16.6 Å². The maximum atomic E-state index is 13.0. The number of fused-ring (bicyclic) bond motifs is 2. The highest BCUT2D eigenvalue weighted by Gasteiger charge is 2.11. The lowest BCUT2D eigenvalue weighted by Crippen LogP contribution is -2.26. The number of amides is 1. The van der Waals surface area contributed by atoms with E-state index < -0.39 is 0 Å². The summed E-state index contributed by atoms with van der Waals surface area (Å²) in [6.07, 6.45) is 2.69. The molecule has 0 unspecified atom stereocenters. The maximum absolute atomic E-state index is 13.0. The Kier molecular flexibility index (Phi) is 5.17. The molecular weight excluding hydrogens is 420 g/mol. The van der Waals surface area contributed by atoms with Crippen LogP contribution in [0.1, 0.15) is 15.9 Å². The third kappa shape index (κ3) is 3.63. The predicted molar refractivity (Wildman–Crippen MR) is 129 cm³/mol. The first-order valence-electron chi connectivity index (χ1n) is 10.3. The quantitative estimate of drug-likeness (QED) is 0.352. The molecule has 0 aliphatic rings. The summed E-state index contributed by atoms with van der Waals surface area (Å²) in [6.45, 7) is 0.501. The van der Waals surface area contributed by atoms with Gasteiger partial charge in [0.1, 0.15) is 0 Å². The van der Waals surface area contributed by atoms with Crippen LogP contribution in [0.3, 0.4) is 0 Å². The molecule has 0 saturated carbocycles. The topological polar surface area (TPSA) is 82.7 Å². The van der Waals surface area contributed by atoms with Crippen LogP contribution in [-0.2, 0) is 6.42 Å². The van der Waals surface area contributed by atoms with E-state index in [1.807, 2.05) is 42.6 Å². The number of aromatic nitrogens is 3. The molecule has 6 nitrogen and oxygen atoms in total. The van der Waals surface area contributed by atoms with Crippen LogP contribution in [0.25, 0.3) is 27.5 Å². The minimum absolute atomic E-state index is 0.199. The second-order valence-corrected chi connectivity index (χ2v) is 7.92. The molecule has 0 fully saturated rings. The molecule has 0 atom stereocenters. The Morgan fingerprint density at radius 3 is 2.53 bits per heavy atom. The number of carbonyl (C=O) groups is 1. The van der Waals surface area contributed by atoms with Crippen LogP contribution < -0.4 is 10.9 Å². The predicted octanol–water partition coefficient (Wildman–Crippen LogP) is 4.50. The van der Waals surface area contributed by atoms with Crippen LogP contribution in [0.2, 0.25) is 0 Å². The summed E-state index contributed by atoms with van der Waals surface area (Å²) < 4.78 is 1.70. The number of hydrogen-bond donors (Lipinski definition) is 3. The number of benzene rings is 3. The Hall–Kier alpha value is -3.97. The fourth-order valence-corrected chi connectivity index (χ4v) is 4.23. The molecule has 0 aliphatic carbocycles. The van der Waals surface area contributed by atoms with E-state index in [2.05, 4.69) is 21.4 Å². The lowest BCUT2D eigenvalue weighted by molar-refractivity contribution is 0.0954. The zero-order chi connectivity index (χ0) is 22.1. The van der Waals surface area contributed by atoms with Gasteiger partial charge >= 0.3 is 0 Å². The monoisotopic (exact) mass is 440 g/mol. The van der Waals surface area contributed by atoms with Crippen molar-refractivity contribution in [1.82, 2.24) is 19.9 Å². The molecule has 0 aliphatic heterocycles. The summed E-state index contributed by atoms with van der Waals surface area (Å²) in [7, 11) is 0. The Bertz CT molecular complexity index is 1580. The van der Waals surface area contributed by atoms with Gasteiger partial charge in [0.25, 0.3) is 11.5 Å². The maximum Gasteiger partial charge on any atom is 0.266 e. The third-order valence-electron chi connectivity index (χ3n) is 5.53. The summed E-state index contributed by atoms with van der Waals surface area (Å²) in [5.41, 5.74) is 3.72. The Balaban J connectivity index is 1.37. The number of nitrogens with zero attached hydrogens (tertiary/aromatic N) is 1. The molecule has 158 valence electrons. The smallest absolute Gasteiger partial charge is 0.266 e. The minimum Gasteiger partial charge on any atom is -0.361 e. The molecule has 7 heteroatoms. The van der Waals surface area contributed by atoms with Gasteiger partial charge in [-0.2, -0.15) is 0 Å². The van der Waals surface area contributed by atoms with Crippen molar-refractivity contribution in [3.05, 3.63) is 105 Å². The molecule has 5 aromatic rings. The first kappa shape index (κ1) is 20.0. The number of H-pyrrole nitrogens is 2. The molecule has 2 heterocycles. The third-order valence-corrected chi connectivity index (χ3v) is 5.81. The van der Waals surface area contributed by atoms with E-state index in [0.29, 0.717) is 35.1 Å². The lowest BCUT2D eigenvalue weighted by Gasteiger charge is -2.10. The van der Waals surface area contributed by atoms with Crippen LogP contribution in [0, 0.1) is 4.77 Å². The number of carbonyl (C=O) groups excluding carboxylic acids is 1. The van der Waals surface area contributed by atoms with Crippen molar-refractivity contribution in [2.45, 2.75) is 6.42 Å². The highest BCUT2D eigenvalue weighted by atomic mass is 32.1. The summed E-state index contributed by atoms with van der Waals surface area (Å²) in [4.78, 5) is 32.1. The second kappa shape index (κ2) is 8.28. The number of aromatic amines is 2. The van der Waals surface area contributed by atoms with Crippen molar-refractivity contribution in [3.63, 3.8) is 0 Å². The first-order chi connectivity index (χ1) is 15.6. The second-order valence-electron chi connectivity index (χ2n) is 7.53. The number of rotatable bonds is 5. The van der Waals surface area contributed by atoms with Gasteiger partial charge in [0.2, 0.25) is 0 Å². The highest BCUT2D eigenvalue weighted by molar-refractivity contribution is 7.71. The van der Waals surface area contributed by atoms with Gasteiger partial charge in [-0.3, -0.25) is 14.2 Å². The van der Waals surface area contributed by atoms with Gasteiger partial charge in [-0.05, 0) is 60.6 Å². The van der Waals surface area contributed by atoms with Crippen molar-refractivity contribution in [2.75, 3.05) is 6.54 Å². The number of para-hydroxylation sites is 2. The molecule has 1 amide bonds. The SMILES string of the molecule is O=C(NCCc1c[nH]c2ccccc12)c1cccc(-n2c(=S)[nH]c3ccccc3c2=O)c1. The van der Waals surface area contributed by atoms with Crippen LogP contribution in [0.15, 0.2) is 83.8 Å². The number of hydrogen-bond acceptors (Lipinski definition) is 3. The van der Waals surface area contributed by atoms with E-state index >= 15 is 0 Å². The van der Waals surface area contributed by atoms with Gasteiger partial charge in [0, 0.05) is 29.2 Å². The Morgan fingerprint density at radius 1 is 0.938 bits per heavy atom. The zero-order valence-corrected chi connectivity index (χ0v) is 17.9. The molecule has 3 N–H and O–H groups in total. The fourth-order valence-electron chi connectivity index (χ4n) is 3.93. The molecule has 0 saturated heterocycles. The van der Waals surface area contributed by atoms with Crippen LogP contribution in [0.4, 0.5) is 0 Å². The Labute approximate surface area is 188 Å². The molecule has 32 heavy (non-hydrogen) atoms. The number of nitrogens with one attached hydrogen (secondary N) is 3. The van der Waals surface area contributed by atoms with Gasteiger partial charge in [0.15, 0.2) is 4.77 Å². The van der Waals surface area contributed by atoms with E-state index in [4.69, 9.17) is 12.2 Å². The van der Waals surface area contributed by atoms with E-state index in [9.17, 15) is 9.59 Å². The highest BCUT2D eigenvalue weighted by Crippen LogP contribution is 2.18. The zero-order valence-electron chi connectivity index (χ0n) is 17.1. The Morgan fingerprint density at radius 2 is 1.69 bits per heavy atom. The van der Waals surface area contributed by atoms with Crippen LogP contribution in [-0.4, -0.2) is 27.0 Å². The standard InChI is InChI=1S/C25H20N4O2S/c30-23(26-13-12-17-15-27-21-10-3-1-8-19(17)21)16-6-5-7-18(14-16)29-24(31)20-9-2-4-11-22(20)28-25(29)32/h1-11,14-15,27H,12-13H2,(H,26,30)(H,28,32). The average Bonchev–Trinajstić information content (AvgIpc) is 3.22. The summed E-state index contributed by atoms with van der Waals surface area (Å²) in [5.74, 6) is -0.199. The van der Waals surface area contributed by atoms with Crippen molar-refractivity contribution in [3.8, 4) is 5.69 Å². The lowest BCUT2D eigenvalue weighted by atomic mass is 10.1. The molecule has 2 aromatic heterocycles. The van der Waals surface area contributed by atoms with Crippen molar-refractivity contribution < 1.29 is 4.79 Å². The van der Waals surface area contributed by atoms with Crippen LogP contribution >= 0.6 is 12.2 Å². The van der Waals surface area contributed by atoms with Gasteiger partial charge in [-0.15, -0.1) is 0 Å². The minimum atomic E-state index is -0.221.